The fraction of sp³-hybridized carbons (Fsp3) is 0.294. The first kappa shape index (κ1) is 17.5. The van der Waals surface area contributed by atoms with Crippen LogP contribution in [0.2, 0.25) is 0 Å². The molecule has 104 valence electrons. The van der Waals surface area contributed by atoms with E-state index in [1.165, 1.54) is 11.8 Å². The molecule has 3 nitrogen and oxygen atoms in total. The van der Waals surface area contributed by atoms with Crippen LogP contribution in [0.5, 0.6) is 0 Å². The van der Waals surface area contributed by atoms with Gasteiger partial charge in [-0.3, -0.25) is 0 Å². The van der Waals surface area contributed by atoms with E-state index in [2.05, 4.69) is 35.7 Å². The molecule has 0 saturated carbocycles. The minimum Gasteiger partial charge on any atom is -0.372 e. The maximum atomic E-state index is 8.60. The zero-order chi connectivity index (χ0) is 14.1. The van der Waals surface area contributed by atoms with Crippen LogP contribution in [-0.4, -0.2) is 13.1 Å². The Balaban J connectivity index is 0.00000361. The summed E-state index contributed by atoms with van der Waals surface area (Å²) in [4.78, 5) is 5.37. The highest BCUT2D eigenvalue weighted by atomic mass is 15.1. The summed E-state index contributed by atoms with van der Waals surface area (Å²) in [7, 11) is 0. The van der Waals surface area contributed by atoms with Crippen molar-refractivity contribution in [1.29, 1.82) is 5.26 Å². The number of anilines is 1. The molecule has 0 N–H and O–H groups in total. The van der Waals surface area contributed by atoms with Gasteiger partial charge in [0.05, 0.1) is 12.6 Å². The van der Waals surface area contributed by atoms with Crippen LogP contribution in [0.25, 0.3) is 10.9 Å². The first-order chi connectivity index (χ1) is 9.24. The number of hydrogen-bond donors (Lipinski definition) is 0. The highest BCUT2D eigenvalue weighted by molar-refractivity contribution is 5.57. The van der Waals surface area contributed by atoms with Gasteiger partial charge in [0.15, 0.2) is 0 Å². The summed E-state index contributed by atoms with van der Waals surface area (Å²) >= 11 is 0. The lowest BCUT2D eigenvalue weighted by atomic mass is 10.1. The van der Waals surface area contributed by atoms with Crippen molar-refractivity contribution in [1.82, 2.24) is 0 Å². The van der Waals surface area contributed by atoms with Crippen molar-refractivity contribution < 1.29 is 0 Å². The summed E-state index contributed by atoms with van der Waals surface area (Å²) in [5.41, 5.74) is 2.35. The molecule has 0 aliphatic rings. The Morgan fingerprint density at radius 2 is 1.90 bits per heavy atom. The SMILES string of the molecule is C.[C-]#[N+]/C(C#N)=C\C=C\c1ccc(N(CC)CC)cc1. The number of benzene rings is 1. The second-order valence-electron chi connectivity index (χ2n) is 3.90. The van der Waals surface area contributed by atoms with E-state index in [9.17, 15) is 0 Å². The number of rotatable bonds is 5. The Morgan fingerprint density at radius 1 is 1.30 bits per heavy atom. The summed E-state index contributed by atoms with van der Waals surface area (Å²) < 4.78 is 0. The molecule has 20 heavy (non-hydrogen) atoms. The molecule has 0 aliphatic carbocycles. The molecular formula is C17H21N3. The van der Waals surface area contributed by atoms with Crippen LogP contribution in [0.4, 0.5) is 5.69 Å². The first-order valence-electron chi connectivity index (χ1n) is 6.26. The van der Waals surface area contributed by atoms with Crippen LogP contribution in [0, 0.1) is 17.9 Å². The molecule has 0 aromatic heterocycles. The summed E-state index contributed by atoms with van der Waals surface area (Å²) in [5.74, 6) is 0. The Morgan fingerprint density at radius 3 is 2.35 bits per heavy atom. The van der Waals surface area contributed by atoms with Gasteiger partial charge in [-0.1, -0.05) is 31.7 Å². The summed E-state index contributed by atoms with van der Waals surface area (Å²) in [5, 5.41) is 8.60. The van der Waals surface area contributed by atoms with Crippen molar-refractivity contribution in [2.45, 2.75) is 21.3 Å². The van der Waals surface area contributed by atoms with Crippen molar-refractivity contribution >= 4 is 11.8 Å². The summed E-state index contributed by atoms with van der Waals surface area (Å²) in [6.07, 6.45) is 5.13. The third kappa shape index (κ3) is 5.00. The maximum Gasteiger partial charge on any atom is 0.261 e. The molecule has 0 heterocycles. The monoisotopic (exact) mass is 267 g/mol. The topological polar surface area (TPSA) is 31.4 Å². The van der Waals surface area contributed by atoms with Gasteiger partial charge >= 0.3 is 0 Å². The third-order valence-corrected chi connectivity index (χ3v) is 2.80. The van der Waals surface area contributed by atoms with Gasteiger partial charge < -0.3 is 4.90 Å². The number of nitrogens with zero attached hydrogens (tertiary/aromatic N) is 3. The molecule has 0 spiro atoms. The smallest absolute Gasteiger partial charge is 0.261 e. The number of hydrogen-bond acceptors (Lipinski definition) is 2. The van der Waals surface area contributed by atoms with Crippen molar-refractivity contribution in [3.05, 3.63) is 59.1 Å². The average Bonchev–Trinajstić information content (AvgIpc) is 2.46. The molecule has 3 heteroatoms. The first-order valence-corrected chi connectivity index (χ1v) is 6.26. The van der Waals surface area contributed by atoms with E-state index in [1.54, 1.807) is 6.08 Å². The van der Waals surface area contributed by atoms with Gasteiger partial charge in [0.2, 0.25) is 0 Å². The van der Waals surface area contributed by atoms with Crippen LogP contribution in [-0.2, 0) is 0 Å². The van der Waals surface area contributed by atoms with Gasteiger partial charge in [0.1, 0.15) is 0 Å². The second-order valence-corrected chi connectivity index (χ2v) is 3.90. The van der Waals surface area contributed by atoms with Crippen LogP contribution in [0.1, 0.15) is 26.8 Å². The Hall–Kier alpha value is -2.52. The molecule has 1 rings (SSSR count). The molecule has 0 aliphatic heterocycles. The lowest BCUT2D eigenvalue weighted by molar-refractivity contribution is 0.866. The predicted octanol–water partition coefficient (Wildman–Crippen LogP) is 4.51. The molecule has 0 bridgehead atoms. The number of allylic oxidation sites excluding steroid dienone is 3. The van der Waals surface area contributed by atoms with Gasteiger partial charge in [0.25, 0.3) is 5.70 Å². The van der Waals surface area contributed by atoms with Crippen molar-refractivity contribution in [3.8, 4) is 6.07 Å². The summed E-state index contributed by atoms with van der Waals surface area (Å²) in [6.45, 7) is 13.0. The fourth-order valence-electron chi connectivity index (χ4n) is 1.73. The van der Waals surface area contributed by atoms with Gasteiger partial charge in [0, 0.05) is 18.8 Å². The van der Waals surface area contributed by atoms with E-state index in [4.69, 9.17) is 11.8 Å². The maximum absolute atomic E-state index is 8.60. The highest BCUT2D eigenvalue weighted by Crippen LogP contribution is 2.15. The van der Waals surface area contributed by atoms with Gasteiger partial charge in [-0.05, 0) is 37.6 Å². The van der Waals surface area contributed by atoms with Crippen LogP contribution < -0.4 is 4.90 Å². The Labute approximate surface area is 122 Å². The lowest BCUT2D eigenvalue weighted by Crippen LogP contribution is -2.21. The average molecular weight is 267 g/mol. The van der Waals surface area contributed by atoms with Gasteiger partial charge in [-0.2, -0.15) is 0 Å². The predicted molar refractivity (Wildman–Crippen MR) is 86.1 cm³/mol. The van der Waals surface area contributed by atoms with Crippen molar-refractivity contribution in [2.75, 3.05) is 18.0 Å². The van der Waals surface area contributed by atoms with Gasteiger partial charge in [-0.25, -0.2) is 10.1 Å². The molecule has 1 aromatic rings. The zero-order valence-electron chi connectivity index (χ0n) is 11.3. The van der Waals surface area contributed by atoms with Crippen LogP contribution >= 0.6 is 0 Å². The van der Waals surface area contributed by atoms with E-state index < -0.39 is 0 Å². The van der Waals surface area contributed by atoms with Crippen LogP contribution in [0.3, 0.4) is 0 Å². The summed E-state index contributed by atoms with van der Waals surface area (Å²) in [6, 6.07) is 10.0. The number of nitriles is 1. The van der Waals surface area contributed by atoms with E-state index in [1.807, 2.05) is 24.3 Å². The Kier molecular flexibility index (Phi) is 8.23. The lowest BCUT2D eigenvalue weighted by Gasteiger charge is -2.20. The quantitative estimate of drug-likeness (QED) is 0.446. The normalized spacial score (nSPS) is 10.5. The zero-order valence-corrected chi connectivity index (χ0v) is 11.3. The second kappa shape index (κ2) is 9.42. The molecular weight excluding hydrogens is 246 g/mol. The molecule has 0 radical (unpaired) electrons. The van der Waals surface area contributed by atoms with E-state index in [-0.39, 0.29) is 13.1 Å². The van der Waals surface area contributed by atoms with E-state index >= 15 is 0 Å². The van der Waals surface area contributed by atoms with Crippen LogP contribution in [0.15, 0.2) is 42.1 Å². The molecule has 0 atom stereocenters. The molecule has 0 amide bonds. The largest absolute Gasteiger partial charge is 0.372 e. The standard InChI is InChI=1S/C16H17N3.CH4/c1-4-19(5-2)16-11-9-14(10-12-16)7-6-8-15(13-17)18-3;/h6-12H,4-5H2,1-2H3;1H4/b7-6+,15-8-;. The third-order valence-electron chi connectivity index (χ3n) is 2.80. The van der Waals surface area contributed by atoms with Crippen molar-refractivity contribution in [2.24, 2.45) is 0 Å². The minimum atomic E-state index is 0. The molecule has 0 unspecified atom stereocenters. The Bertz CT molecular complexity index is 519. The van der Waals surface area contributed by atoms with E-state index in [0.29, 0.717) is 0 Å². The van der Waals surface area contributed by atoms with E-state index in [0.717, 1.165) is 18.7 Å². The fourth-order valence-corrected chi connectivity index (χ4v) is 1.73. The molecule has 1 aromatic carbocycles. The van der Waals surface area contributed by atoms with Crippen molar-refractivity contribution in [3.63, 3.8) is 0 Å². The molecule has 0 fully saturated rings. The minimum absolute atomic E-state index is 0. The van der Waals surface area contributed by atoms with Gasteiger partial charge in [-0.15, -0.1) is 0 Å². The molecule has 0 saturated heterocycles. The highest BCUT2D eigenvalue weighted by Gasteiger charge is 1.99.